The number of anilines is 1. The van der Waals surface area contributed by atoms with Gasteiger partial charge in [-0.1, -0.05) is 5.16 Å². The van der Waals surface area contributed by atoms with Crippen LogP contribution in [0.4, 0.5) is 5.69 Å². The third-order valence-corrected chi connectivity index (χ3v) is 3.25. The maximum atomic E-state index is 11.0. The Hall–Kier alpha value is -2.38. The molecule has 7 nitrogen and oxygen atoms in total. The Bertz CT molecular complexity index is 654. The van der Waals surface area contributed by atoms with Gasteiger partial charge in [0.15, 0.2) is 0 Å². The monoisotopic (exact) mass is 333 g/mol. The quantitative estimate of drug-likeness (QED) is 0.766. The van der Waals surface area contributed by atoms with Crippen molar-refractivity contribution in [1.82, 2.24) is 10.1 Å². The highest BCUT2D eigenvalue weighted by molar-refractivity contribution is 5.88. The number of aliphatic hydroxyl groups excluding tert-OH is 1. The van der Waals surface area contributed by atoms with Gasteiger partial charge in [-0.15, -0.1) is 0 Å². The van der Waals surface area contributed by atoms with Gasteiger partial charge in [0.2, 0.25) is 5.91 Å². The Kier molecular flexibility index (Phi) is 6.34. The summed E-state index contributed by atoms with van der Waals surface area (Å²) < 4.78 is 10.6. The van der Waals surface area contributed by atoms with Crippen molar-refractivity contribution in [3.8, 4) is 5.75 Å². The maximum Gasteiger partial charge on any atom is 0.221 e. The smallest absolute Gasteiger partial charge is 0.221 e. The van der Waals surface area contributed by atoms with E-state index in [4.69, 9.17) is 9.26 Å². The molecule has 0 aliphatic carbocycles. The molecule has 1 aromatic carbocycles. The van der Waals surface area contributed by atoms with Crippen LogP contribution in [-0.4, -0.2) is 47.4 Å². The van der Waals surface area contributed by atoms with Gasteiger partial charge in [0, 0.05) is 31.8 Å². The molecule has 0 spiro atoms. The van der Waals surface area contributed by atoms with Crippen LogP contribution in [0, 0.1) is 6.92 Å². The van der Waals surface area contributed by atoms with Crippen molar-refractivity contribution in [3.05, 3.63) is 41.8 Å². The normalized spacial score (nSPS) is 12.2. The lowest BCUT2D eigenvalue weighted by Gasteiger charge is -2.19. The van der Waals surface area contributed by atoms with Gasteiger partial charge in [0.25, 0.3) is 0 Å². The summed E-state index contributed by atoms with van der Waals surface area (Å²) in [5.74, 6) is 1.28. The number of ether oxygens (including phenoxy) is 1. The average Bonchev–Trinajstić information content (AvgIpc) is 2.91. The lowest BCUT2D eigenvalue weighted by atomic mass is 10.3. The molecular weight excluding hydrogens is 310 g/mol. The van der Waals surface area contributed by atoms with Crippen LogP contribution in [0.2, 0.25) is 0 Å². The van der Waals surface area contributed by atoms with E-state index in [2.05, 4.69) is 10.5 Å². The Morgan fingerprint density at radius 2 is 2.12 bits per heavy atom. The summed E-state index contributed by atoms with van der Waals surface area (Å²) >= 11 is 0. The molecule has 0 fully saturated rings. The summed E-state index contributed by atoms with van der Waals surface area (Å²) in [6, 6.07) is 8.88. The Morgan fingerprint density at radius 1 is 1.42 bits per heavy atom. The second kappa shape index (κ2) is 8.47. The fourth-order valence-corrected chi connectivity index (χ4v) is 2.28. The van der Waals surface area contributed by atoms with E-state index in [-0.39, 0.29) is 12.5 Å². The van der Waals surface area contributed by atoms with Crippen molar-refractivity contribution < 1.29 is 19.2 Å². The summed E-state index contributed by atoms with van der Waals surface area (Å²) in [5.41, 5.74) is 1.54. The summed E-state index contributed by atoms with van der Waals surface area (Å²) in [4.78, 5) is 12.9. The number of carbonyl (C=O) groups excluding carboxylic acids is 1. The van der Waals surface area contributed by atoms with Crippen molar-refractivity contribution in [1.29, 1.82) is 0 Å². The van der Waals surface area contributed by atoms with Gasteiger partial charge in [0.1, 0.15) is 24.2 Å². The minimum Gasteiger partial charge on any atom is -0.491 e. The molecule has 0 saturated carbocycles. The second-order valence-corrected chi connectivity index (χ2v) is 5.80. The molecule has 24 heavy (non-hydrogen) atoms. The van der Waals surface area contributed by atoms with Crippen molar-refractivity contribution in [2.24, 2.45) is 0 Å². The van der Waals surface area contributed by atoms with E-state index in [1.165, 1.54) is 6.92 Å². The minimum atomic E-state index is -0.627. The third kappa shape index (κ3) is 6.02. The number of nitrogens with one attached hydrogen (secondary N) is 1. The van der Waals surface area contributed by atoms with E-state index in [0.29, 0.717) is 24.5 Å². The van der Waals surface area contributed by atoms with Crippen LogP contribution in [0.15, 0.2) is 34.9 Å². The molecule has 0 aliphatic heterocycles. The van der Waals surface area contributed by atoms with Gasteiger partial charge in [0.05, 0.1) is 5.69 Å². The molecule has 7 heteroatoms. The van der Waals surface area contributed by atoms with E-state index < -0.39 is 6.10 Å². The highest BCUT2D eigenvalue weighted by Crippen LogP contribution is 2.16. The summed E-state index contributed by atoms with van der Waals surface area (Å²) in [5, 5.41) is 16.7. The maximum absolute atomic E-state index is 11.0. The van der Waals surface area contributed by atoms with Gasteiger partial charge < -0.3 is 19.7 Å². The Balaban J connectivity index is 1.73. The first-order valence-corrected chi connectivity index (χ1v) is 7.71. The first kappa shape index (κ1) is 18.0. The van der Waals surface area contributed by atoms with Crippen molar-refractivity contribution in [3.63, 3.8) is 0 Å². The number of likely N-dealkylation sites (N-methyl/N-ethyl adjacent to an activating group) is 1. The molecule has 1 aromatic heterocycles. The molecule has 0 bridgehead atoms. The van der Waals surface area contributed by atoms with Gasteiger partial charge in [-0.05, 0) is 38.2 Å². The van der Waals surface area contributed by atoms with E-state index in [0.717, 1.165) is 11.5 Å². The first-order chi connectivity index (χ1) is 11.4. The van der Waals surface area contributed by atoms with E-state index in [1.807, 2.05) is 24.9 Å². The minimum absolute atomic E-state index is 0.121. The van der Waals surface area contributed by atoms with Gasteiger partial charge in [-0.3, -0.25) is 9.69 Å². The van der Waals surface area contributed by atoms with E-state index >= 15 is 0 Å². The molecule has 0 saturated heterocycles. The number of aliphatic hydroxyl groups is 1. The fourth-order valence-electron chi connectivity index (χ4n) is 2.28. The standard InChI is InChI=1S/C17H23N3O4/c1-12-8-15(19-24-12)9-20(3)10-16(22)11-23-17-6-4-14(5-7-17)18-13(2)21/h4-8,16,22H,9-11H2,1-3H3,(H,18,21)/t16-/m1/s1. The fraction of sp³-hybridized carbons (Fsp3) is 0.412. The molecule has 1 heterocycles. The van der Waals surface area contributed by atoms with Gasteiger partial charge >= 0.3 is 0 Å². The number of hydrogen-bond acceptors (Lipinski definition) is 6. The highest BCUT2D eigenvalue weighted by Gasteiger charge is 2.11. The number of benzene rings is 1. The number of aryl methyl sites for hydroxylation is 1. The molecule has 0 unspecified atom stereocenters. The zero-order valence-electron chi connectivity index (χ0n) is 14.2. The molecule has 2 N–H and O–H groups in total. The first-order valence-electron chi connectivity index (χ1n) is 7.71. The predicted molar refractivity (Wildman–Crippen MR) is 89.8 cm³/mol. The second-order valence-electron chi connectivity index (χ2n) is 5.80. The summed E-state index contributed by atoms with van der Waals surface area (Å²) in [6.45, 7) is 4.53. The van der Waals surface area contributed by atoms with Crippen LogP contribution in [0.25, 0.3) is 0 Å². The Morgan fingerprint density at radius 3 is 2.71 bits per heavy atom. The highest BCUT2D eigenvalue weighted by atomic mass is 16.5. The molecule has 0 aliphatic rings. The molecule has 0 radical (unpaired) electrons. The number of nitrogens with zero attached hydrogens (tertiary/aromatic N) is 2. The van der Waals surface area contributed by atoms with Crippen LogP contribution in [0.1, 0.15) is 18.4 Å². The molecular formula is C17H23N3O4. The largest absolute Gasteiger partial charge is 0.491 e. The number of carbonyl (C=O) groups is 1. The zero-order valence-corrected chi connectivity index (χ0v) is 14.2. The van der Waals surface area contributed by atoms with Crippen LogP contribution in [0.3, 0.4) is 0 Å². The number of rotatable bonds is 8. The SMILES string of the molecule is CC(=O)Nc1ccc(OC[C@H](O)CN(C)Cc2cc(C)on2)cc1. The molecule has 130 valence electrons. The van der Waals surface area contributed by atoms with Crippen LogP contribution < -0.4 is 10.1 Å². The summed E-state index contributed by atoms with van der Waals surface area (Å²) in [6.07, 6.45) is -0.627. The lowest BCUT2D eigenvalue weighted by Crippen LogP contribution is -2.32. The molecule has 1 atom stereocenters. The van der Waals surface area contributed by atoms with E-state index in [1.54, 1.807) is 24.3 Å². The Labute approximate surface area is 141 Å². The number of aromatic nitrogens is 1. The van der Waals surface area contributed by atoms with Crippen molar-refractivity contribution >= 4 is 11.6 Å². The zero-order chi connectivity index (χ0) is 17.5. The van der Waals surface area contributed by atoms with Crippen LogP contribution in [0.5, 0.6) is 5.75 Å². The summed E-state index contributed by atoms with van der Waals surface area (Å²) in [7, 11) is 1.90. The van der Waals surface area contributed by atoms with Gasteiger partial charge in [-0.25, -0.2) is 0 Å². The van der Waals surface area contributed by atoms with Gasteiger partial charge in [-0.2, -0.15) is 0 Å². The average molecular weight is 333 g/mol. The van der Waals surface area contributed by atoms with Crippen molar-refractivity contribution in [2.45, 2.75) is 26.5 Å². The molecule has 2 aromatic rings. The molecule has 2 rings (SSSR count). The lowest BCUT2D eigenvalue weighted by molar-refractivity contribution is -0.114. The van der Waals surface area contributed by atoms with Crippen molar-refractivity contribution in [2.75, 3.05) is 25.5 Å². The number of amides is 1. The van der Waals surface area contributed by atoms with Crippen LogP contribution >= 0.6 is 0 Å². The topological polar surface area (TPSA) is 87.8 Å². The third-order valence-electron chi connectivity index (χ3n) is 3.25. The van der Waals surface area contributed by atoms with E-state index in [9.17, 15) is 9.90 Å². The molecule has 1 amide bonds. The van der Waals surface area contributed by atoms with Crippen LogP contribution in [-0.2, 0) is 11.3 Å². The predicted octanol–water partition coefficient (Wildman–Crippen LogP) is 1.81. The number of hydrogen-bond donors (Lipinski definition) is 2.